The highest BCUT2D eigenvalue weighted by Crippen LogP contribution is 2.18. The van der Waals surface area contributed by atoms with Gasteiger partial charge in [0.1, 0.15) is 6.54 Å². The fraction of sp³-hybridized carbons (Fsp3) is 0.278. The van der Waals surface area contributed by atoms with Crippen LogP contribution in [0.1, 0.15) is 12.5 Å². The summed E-state index contributed by atoms with van der Waals surface area (Å²) in [5.74, 6) is -3.94. The second-order valence-corrected chi connectivity index (χ2v) is 5.73. The minimum atomic E-state index is -1.44. The summed E-state index contributed by atoms with van der Waals surface area (Å²) < 4.78 is 5.64. The molecule has 1 aliphatic rings. The number of allylic oxidation sites excluding steroid dienone is 3. The van der Waals surface area contributed by atoms with Crippen molar-refractivity contribution in [3.63, 3.8) is 0 Å². The van der Waals surface area contributed by atoms with Crippen molar-refractivity contribution in [2.45, 2.75) is 13.5 Å². The van der Waals surface area contributed by atoms with Crippen molar-refractivity contribution in [2.24, 2.45) is 5.92 Å². The Morgan fingerprint density at radius 1 is 1.27 bits per heavy atom. The molecule has 1 unspecified atom stereocenters. The second-order valence-electron chi connectivity index (χ2n) is 5.73. The number of hydrogen-bond acceptors (Lipinski definition) is 6. The Hall–Kier alpha value is -3.29. The summed E-state index contributed by atoms with van der Waals surface area (Å²) in [5.41, 5.74) is 0.0958. The first kappa shape index (κ1) is 19.0. The van der Waals surface area contributed by atoms with Gasteiger partial charge in [0.05, 0.1) is 7.11 Å². The topological polar surface area (TPSA) is 103 Å². The van der Waals surface area contributed by atoms with Gasteiger partial charge in [-0.25, -0.2) is 0 Å². The molecule has 1 aliphatic heterocycles. The van der Waals surface area contributed by atoms with Gasteiger partial charge in [0.25, 0.3) is 5.56 Å². The highest BCUT2D eigenvalue weighted by atomic mass is 16.5. The van der Waals surface area contributed by atoms with Gasteiger partial charge < -0.3 is 14.2 Å². The molecule has 0 saturated carbocycles. The number of hydrogen-bond donors (Lipinski definition) is 0. The van der Waals surface area contributed by atoms with E-state index in [1.165, 1.54) is 49.5 Å². The van der Waals surface area contributed by atoms with Crippen LogP contribution in [-0.4, -0.2) is 47.1 Å². The van der Waals surface area contributed by atoms with Crippen molar-refractivity contribution in [1.82, 2.24) is 9.47 Å². The number of ether oxygens (including phenoxy) is 1. The second kappa shape index (κ2) is 7.73. The third-order valence-corrected chi connectivity index (χ3v) is 4.03. The minimum Gasteiger partial charge on any atom is -0.468 e. The molecule has 136 valence electrons. The zero-order valence-corrected chi connectivity index (χ0v) is 14.6. The van der Waals surface area contributed by atoms with E-state index in [1.807, 2.05) is 0 Å². The molecule has 0 aliphatic carbocycles. The number of amides is 1. The number of rotatable bonds is 5. The molecule has 1 atom stereocenters. The van der Waals surface area contributed by atoms with Gasteiger partial charge in [-0.05, 0) is 31.2 Å². The molecule has 0 bridgehead atoms. The lowest BCUT2D eigenvalue weighted by Crippen LogP contribution is -2.43. The first-order valence-corrected chi connectivity index (χ1v) is 7.74. The van der Waals surface area contributed by atoms with Crippen molar-refractivity contribution in [1.29, 1.82) is 0 Å². The van der Waals surface area contributed by atoms with E-state index in [-0.39, 0.29) is 12.1 Å². The Labute approximate surface area is 149 Å². The summed E-state index contributed by atoms with van der Waals surface area (Å²) >= 11 is 0. The quantitative estimate of drug-likeness (QED) is 0.422. The first-order chi connectivity index (χ1) is 12.3. The molecule has 0 aromatic carbocycles. The molecule has 0 N–H and O–H groups in total. The van der Waals surface area contributed by atoms with Crippen LogP contribution >= 0.6 is 0 Å². The third-order valence-electron chi connectivity index (χ3n) is 4.03. The maximum absolute atomic E-state index is 12.3. The number of aromatic nitrogens is 1. The van der Waals surface area contributed by atoms with Crippen LogP contribution in [0, 0.1) is 5.92 Å². The van der Waals surface area contributed by atoms with Crippen molar-refractivity contribution >= 4 is 29.5 Å². The average Bonchev–Trinajstić information content (AvgIpc) is 2.60. The minimum absolute atomic E-state index is 0.139. The Morgan fingerprint density at radius 2 is 1.96 bits per heavy atom. The van der Waals surface area contributed by atoms with Gasteiger partial charge in [0, 0.05) is 30.6 Å². The summed E-state index contributed by atoms with van der Waals surface area (Å²) in [4.78, 5) is 61.3. The fourth-order valence-corrected chi connectivity index (χ4v) is 2.42. The van der Waals surface area contributed by atoms with Gasteiger partial charge >= 0.3 is 5.97 Å². The number of esters is 1. The predicted molar refractivity (Wildman–Crippen MR) is 91.8 cm³/mol. The molecule has 1 aromatic heterocycles. The smallest absolute Gasteiger partial charge is 0.325 e. The number of nitrogens with zero attached hydrogens (tertiary/aromatic N) is 2. The van der Waals surface area contributed by atoms with Gasteiger partial charge in [-0.1, -0.05) is 0 Å². The lowest BCUT2D eigenvalue weighted by Gasteiger charge is -2.25. The first-order valence-electron chi connectivity index (χ1n) is 7.74. The Kier molecular flexibility index (Phi) is 5.66. The summed E-state index contributed by atoms with van der Waals surface area (Å²) in [5, 5.41) is 0. The molecule has 8 nitrogen and oxygen atoms in total. The average molecular weight is 358 g/mol. The van der Waals surface area contributed by atoms with Crippen LogP contribution in [0.2, 0.25) is 0 Å². The van der Waals surface area contributed by atoms with Crippen molar-refractivity contribution < 1.29 is 23.9 Å². The van der Waals surface area contributed by atoms with E-state index in [0.717, 1.165) is 10.6 Å². The van der Waals surface area contributed by atoms with E-state index in [1.54, 1.807) is 6.92 Å². The van der Waals surface area contributed by atoms with Crippen LogP contribution in [0.4, 0.5) is 0 Å². The molecule has 8 heteroatoms. The van der Waals surface area contributed by atoms with Crippen LogP contribution in [-0.2, 0) is 30.5 Å². The van der Waals surface area contributed by atoms with Crippen LogP contribution < -0.4 is 5.56 Å². The number of carbonyl (C=O) groups is 4. The van der Waals surface area contributed by atoms with Gasteiger partial charge in [0.2, 0.25) is 5.91 Å². The van der Waals surface area contributed by atoms with E-state index in [0.29, 0.717) is 5.70 Å². The van der Waals surface area contributed by atoms with Crippen molar-refractivity contribution in [3.05, 3.63) is 52.1 Å². The predicted octanol–water partition coefficient (Wildman–Crippen LogP) is 0.165. The Bertz CT molecular complexity index is 893. The Balaban J connectivity index is 2.25. The molecule has 2 heterocycles. The molecule has 2 rings (SSSR count). The number of carbonyl (C=O) groups excluding carboxylic acids is 4. The van der Waals surface area contributed by atoms with Crippen LogP contribution in [0.5, 0.6) is 0 Å². The van der Waals surface area contributed by atoms with Gasteiger partial charge in [-0.15, -0.1) is 0 Å². The molecule has 1 aromatic rings. The summed E-state index contributed by atoms with van der Waals surface area (Å²) in [6, 6.07) is 2.99. The third kappa shape index (κ3) is 3.85. The zero-order valence-electron chi connectivity index (χ0n) is 14.6. The van der Waals surface area contributed by atoms with Crippen molar-refractivity contribution in [3.8, 4) is 0 Å². The molecular weight excluding hydrogens is 340 g/mol. The number of pyridine rings is 1. The number of methoxy groups -OCH3 is 1. The van der Waals surface area contributed by atoms with Crippen LogP contribution in [0.3, 0.4) is 0 Å². The highest BCUT2D eigenvalue weighted by Gasteiger charge is 2.37. The Morgan fingerprint density at radius 3 is 2.62 bits per heavy atom. The van der Waals surface area contributed by atoms with E-state index < -0.39 is 34.9 Å². The highest BCUT2D eigenvalue weighted by molar-refractivity contribution is 6.26. The van der Waals surface area contributed by atoms with Gasteiger partial charge in [0.15, 0.2) is 17.5 Å². The van der Waals surface area contributed by atoms with E-state index in [2.05, 4.69) is 4.74 Å². The normalized spacial score (nSPS) is 17.4. The standard InChI is InChI=1S/C18H18N2O6/c1-11-9-14(22)16(18(25)19(11)2)13(21)7-6-12-5-4-8-20(17(12)24)10-15(23)26-3/h4-9,16H,10H2,1-3H3/b7-6+. The van der Waals surface area contributed by atoms with Crippen LogP contribution in [0.25, 0.3) is 6.08 Å². The summed E-state index contributed by atoms with van der Waals surface area (Å²) in [7, 11) is 2.69. The molecule has 0 saturated heterocycles. The summed E-state index contributed by atoms with van der Waals surface area (Å²) in [6.07, 6.45) is 4.91. The zero-order chi connectivity index (χ0) is 19.4. The van der Waals surface area contributed by atoms with E-state index >= 15 is 0 Å². The molecule has 0 radical (unpaired) electrons. The lowest BCUT2D eigenvalue weighted by atomic mass is 9.92. The van der Waals surface area contributed by atoms with Gasteiger partial charge in [-0.2, -0.15) is 0 Å². The maximum Gasteiger partial charge on any atom is 0.325 e. The van der Waals surface area contributed by atoms with E-state index in [4.69, 9.17) is 0 Å². The summed E-state index contributed by atoms with van der Waals surface area (Å²) in [6.45, 7) is 1.33. The van der Waals surface area contributed by atoms with Gasteiger partial charge in [-0.3, -0.25) is 24.0 Å². The monoisotopic (exact) mass is 358 g/mol. The molecular formula is C18H18N2O6. The molecule has 26 heavy (non-hydrogen) atoms. The SMILES string of the molecule is COC(=O)Cn1cccc(/C=C/C(=O)C2C(=O)C=C(C)N(C)C2=O)c1=O. The fourth-order valence-electron chi connectivity index (χ4n) is 2.42. The molecule has 1 amide bonds. The number of ketones is 2. The van der Waals surface area contributed by atoms with Crippen LogP contribution in [0.15, 0.2) is 41.0 Å². The molecule has 0 spiro atoms. The van der Waals surface area contributed by atoms with E-state index in [9.17, 15) is 24.0 Å². The largest absolute Gasteiger partial charge is 0.468 e. The molecule has 0 fully saturated rings. The maximum atomic E-state index is 12.3. The lowest BCUT2D eigenvalue weighted by molar-refractivity contribution is -0.143. The van der Waals surface area contributed by atoms with Crippen molar-refractivity contribution in [2.75, 3.05) is 14.2 Å².